The quantitative estimate of drug-likeness (QED) is 0.427. The number of hydrogen-bond donors (Lipinski definition) is 1. The molecular weight excluding hydrogens is 456 g/mol. The van der Waals surface area contributed by atoms with Crippen LogP contribution >= 0.6 is 0 Å². The number of halogens is 2. The lowest BCUT2D eigenvalue weighted by Crippen LogP contribution is -2.24. The van der Waals surface area contributed by atoms with Crippen molar-refractivity contribution in [3.63, 3.8) is 0 Å². The van der Waals surface area contributed by atoms with Gasteiger partial charge in [0.2, 0.25) is 0 Å². The average Bonchev–Trinajstić information content (AvgIpc) is 2.86. The molecule has 0 fully saturated rings. The molecule has 0 saturated heterocycles. The van der Waals surface area contributed by atoms with Crippen molar-refractivity contribution in [1.82, 2.24) is 25.3 Å². The van der Waals surface area contributed by atoms with Crippen molar-refractivity contribution in [2.75, 3.05) is 14.2 Å². The molecule has 3 heterocycles. The zero-order chi connectivity index (χ0) is 24.9. The van der Waals surface area contributed by atoms with E-state index in [1.54, 1.807) is 18.5 Å². The number of nitrogens with one attached hydrogen (secondary N) is 1. The van der Waals surface area contributed by atoms with Gasteiger partial charge < -0.3 is 14.8 Å². The lowest BCUT2D eigenvalue weighted by Gasteiger charge is -2.13. The molecule has 1 amide bonds. The summed E-state index contributed by atoms with van der Waals surface area (Å²) in [5, 5.41) is 2.75. The van der Waals surface area contributed by atoms with Crippen LogP contribution in [0.3, 0.4) is 0 Å². The van der Waals surface area contributed by atoms with Gasteiger partial charge in [0.05, 0.1) is 43.9 Å². The zero-order valence-electron chi connectivity index (χ0n) is 19.2. The Hall–Kier alpha value is -4.47. The SMILES string of the molecule is COc1ncc(CNC(=O)c2cc(-c3cncc(C)c3)cnc2-c2cc(F)cc(F)c2)nc1OC. The fraction of sp³-hybridized carbons (Fsp3) is 0.160. The molecule has 0 spiro atoms. The molecule has 0 radical (unpaired) electrons. The van der Waals surface area contributed by atoms with Gasteiger partial charge in [-0.2, -0.15) is 0 Å². The molecule has 35 heavy (non-hydrogen) atoms. The van der Waals surface area contributed by atoms with Crippen molar-refractivity contribution in [3.8, 4) is 34.1 Å². The minimum atomic E-state index is -0.777. The van der Waals surface area contributed by atoms with Crippen LogP contribution in [0.15, 0.2) is 55.1 Å². The van der Waals surface area contributed by atoms with Crippen molar-refractivity contribution in [3.05, 3.63) is 83.6 Å². The first-order chi connectivity index (χ1) is 16.9. The summed E-state index contributed by atoms with van der Waals surface area (Å²) in [7, 11) is 2.87. The van der Waals surface area contributed by atoms with E-state index in [1.165, 1.54) is 26.6 Å². The largest absolute Gasteiger partial charge is 0.477 e. The van der Waals surface area contributed by atoms with Gasteiger partial charge in [-0.3, -0.25) is 14.8 Å². The number of nitrogens with zero attached hydrogens (tertiary/aromatic N) is 4. The van der Waals surface area contributed by atoms with E-state index in [0.29, 0.717) is 11.3 Å². The van der Waals surface area contributed by atoms with Gasteiger partial charge in [-0.15, -0.1) is 0 Å². The lowest BCUT2D eigenvalue weighted by molar-refractivity contribution is 0.0950. The highest BCUT2D eigenvalue weighted by molar-refractivity contribution is 6.01. The van der Waals surface area contributed by atoms with Gasteiger partial charge in [-0.25, -0.2) is 18.7 Å². The number of aromatic nitrogens is 4. The van der Waals surface area contributed by atoms with Gasteiger partial charge in [0.1, 0.15) is 11.6 Å². The normalized spacial score (nSPS) is 10.7. The third kappa shape index (κ3) is 5.37. The van der Waals surface area contributed by atoms with Gasteiger partial charge in [0.15, 0.2) is 0 Å². The molecule has 178 valence electrons. The first-order valence-electron chi connectivity index (χ1n) is 10.5. The van der Waals surface area contributed by atoms with Gasteiger partial charge in [0.25, 0.3) is 17.7 Å². The van der Waals surface area contributed by atoms with Crippen LogP contribution in [-0.4, -0.2) is 40.1 Å². The van der Waals surface area contributed by atoms with Crippen molar-refractivity contribution >= 4 is 5.91 Å². The Morgan fingerprint density at radius 3 is 2.26 bits per heavy atom. The first-order valence-corrected chi connectivity index (χ1v) is 10.5. The van der Waals surface area contributed by atoms with E-state index in [-0.39, 0.29) is 35.1 Å². The van der Waals surface area contributed by atoms with Gasteiger partial charge >= 0.3 is 0 Å². The Kier molecular flexibility index (Phi) is 6.91. The lowest BCUT2D eigenvalue weighted by atomic mass is 10.00. The van der Waals surface area contributed by atoms with Crippen molar-refractivity contribution in [2.45, 2.75) is 13.5 Å². The second kappa shape index (κ2) is 10.2. The van der Waals surface area contributed by atoms with Crippen molar-refractivity contribution in [1.29, 1.82) is 0 Å². The zero-order valence-corrected chi connectivity index (χ0v) is 19.2. The van der Waals surface area contributed by atoms with E-state index in [2.05, 4.69) is 25.3 Å². The molecule has 0 unspecified atom stereocenters. The number of hydrogen-bond acceptors (Lipinski definition) is 7. The van der Waals surface area contributed by atoms with Crippen molar-refractivity contribution < 1.29 is 23.0 Å². The minimum absolute atomic E-state index is 0.0133. The first kappa shape index (κ1) is 23.7. The Balaban J connectivity index is 1.71. The number of aryl methyl sites for hydroxylation is 1. The highest BCUT2D eigenvalue weighted by Gasteiger charge is 2.18. The number of carbonyl (C=O) groups excluding carboxylic acids is 1. The smallest absolute Gasteiger partial charge is 0.278 e. The highest BCUT2D eigenvalue weighted by atomic mass is 19.1. The molecule has 1 aromatic carbocycles. The van der Waals surface area contributed by atoms with Crippen LogP contribution in [0, 0.1) is 18.6 Å². The summed E-state index contributed by atoms with van der Waals surface area (Å²) in [6.07, 6.45) is 6.33. The second-order valence-electron chi connectivity index (χ2n) is 7.59. The summed E-state index contributed by atoms with van der Waals surface area (Å²) in [5.41, 5.74) is 3.10. The molecule has 10 heteroatoms. The third-order valence-corrected chi connectivity index (χ3v) is 5.05. The Morgan fingerprint density at radius 1 is 0.857 bits per heavy atom. The molecule has 0 aliphatic rings. The summed E-state index contributed by atoms with van der Waals surface area (Å²) >= 11 is 0. The molecule has 8 nitrogen and oxygen atoms in total. The van der Waals surface area contributed by atoms with Crippen LogP contribution in [0.25, 0.3) is 22.4 Å². The molecule has 0 aliphatic heterocycles. The number of rotatable bonds is 7. The molecule has 4 rings (SSSR count). The average molecular weight is 477 g/mol. The summed E-state index contributed by atoms with van der Waals surface area (Å²) in [4.78, 5) is 30.2. The minimum Gasteiger partial charge on any atom is -0.477 e. The molecular formula is C25H21F2N5O3. The molecule has 0 saturated carbocycles. The molecule has 1 N–H and O–H groups in total. The van der Waals surface area contributed by atoms with Crippen LogP contribution in [0.2, 0.25) is 0 Å². The molecule has 0 atom stereocenters. The molecule has 0 bridgehead atoms. The summed E-state index contributed by atoms with van der Waals surface area (Å²) < 4.78 is 38.1. The number of methoxy groups -OCH3 is 2. The van der Waals surface area contributed by atoms with Gasteiger partial charge in [-0.05, 0) is 36.8 Å². The third-order valence-electron chi connectivity index (χ3n) is 5.05. The van der Waals surface area contributed by atoms with E-state index >= 15 is 0 Å². The summed E-state index contributed by atoms with van der Waals surface area (Å²) in [6, 6.07) is 6.50. The highest BCUT2D eigenvalue weighted by Crippen LogP contribution is 2.28. The fourth-order valence-corrected chi connectivity index (χ4v) is 3.45. The number of amides is 1. The second-order valence-corrected chi connectivity index (χ2v) is 7.59. The van der Waals surface area contributed by atoms with Gasteiger partial charge in [0, 0.05) is 41.3 Å². The molecule has 3 aromatic heterocycles. The Labute approximate surface area is 200 Å². The van der Waals surface area contributed by atoms with Crippen LogP contribution in [0.4, 0.5) is 8.78 Å². The maximum absolute atomic E-state index is 13.9. The summed E-state index contributed by atoms with van der Waals surface area (Å²) in [6.45, 7) is 1.91. The predicted molar refractivity (Wildman–Crippen MR) is 124 cm³/mol. The number of pyridine rings is 2. The number of carbonyl (C=O) groups is 1. The van der Waals surface area contributed by atoms with Crippen LogP contribution in [0.5, 0.6) is 11.8 Å². The van der Waals surface area contributed by atoms with Crippen LogP contribution in [0.1, 0.15) is 21.6 Å². The molecule has 4 aromatic rings. The van der Waals surface area contributed by atoms with E-state index in [9.17, 15) is 13.6 Å². The maximum atomic E-state index is 13.9. The number of ether oxygens (including phenoxy) is 2. The standard InChI is InChI=1S/C25H21F2N5O3/c1-14-4-16(10-28-9-14)17-7-21(22(29-11-17)15-5-18(26)8-19(27)6-15)23(33)30-12-20-13-31-24(34-2)25(32-20)35-3/h4-11,13H,12H2,1-3H3,(H,30,33). The van der Waals surface area contributed by atoms with Crippen LogP contribution < -0.4 is 14.8 Å². The van der Waals surface area contributed by atoms with Gasteiger partial charge in [-0.1, -0.05) is 0 Å². The Bertz CT molecular complexity index is 1380. The topological polar surface area (TPSA) is 99.1 Å². The predicted octanol–water partition coefficient (Wildman–Crippen LogP) is 4.13. The van der Waals surface area contributed by atoms with Crippen molar-refractivity contribution in [2.24, 2.45) is 0 Å². The fourth-order valence-electron chi connectivity index (χ4n) is 3.45. The van der Waals surface area contributed by atoms with E-state index in [1.807, 2.05) is 13.0 Å². The van der Waals surface area contributed by atoms with E-state index in [4.69, 9.17) is 9.47 Å². The maximum Gasteiger partial charge on any atom is 0.278 e. The Morgan fingerprint density at radius 2 is 1.57 bits per heavy atom. The van der Waals surface area contributed by atoms with E-state index < -0.39 is 17.5 Å². The van der Waals surface area contributed by atoms with E-state index in [0.717, 1.165) is 29.3 Å². The van der Waals surface area contributed by atoms with Crippen LogP contribution in [-0.2, 0) is 6.54 Å². The summed E-state index contributed by atoms with van der Waals surface area (Å²) in [5.74, 6) is -1.69. The number of benzene rings is 1. The molecule has 0 aliphatic carbocycles. The monoisotopic (exact) mass is 477 g/mol.